The molecule has 1 fully saturated rings. The van der Waals surface area contributed by atoms with Gasteiger partial charge in [0.05, 0.1) is 12.2 Å². The van der Waals surface area contributed by atoms with Crippen LogP contribution in [-0.2, 0) is 4.74 Å². The smallest absolute Gasteiger partial charge is 0.335 e. The van der Waals surface area contributed by atoms with Crippen LogP contribution in [0.4, 0.5) is 10.5 Å². The Morgan fingerprint density at radius 2 is 2.24 bits per heavy atom. The molecule has 1 aliphatic rings. The van der Waals surface area contributed by atoms with Gasteiger partial charge in [-0.3, -0.25) is 0 Å². The summed E-state index contributed by atoms with van der Waals surface area (Å²) in [5, 5.41) is 11.8. The number of anilines is 1. The van der Waals surface area contributed by atoms with Gasteiger partial charge in [0.2, 0.25) is 0 Å². The van der Waals surface area contributed by atoms with Crippen molar-refractivity contribution in [2.75, 3.05) is 32.1 Å². The molecular weight excluding hydrogens is 340 g/mol. The molecule has 6 nitrogen and oxygen atoms in total. The zero-order valence-corrected chi connectivity index (χ0v) is 13.2. The number of benzene rings is 1. The van der Waals surface area contributed by atoms with Crippen LogP contribution in [-0.4, -0.2) is 48.8 Å². The van der Waals surface area contributed by atoms with E-state index in [1.165, 1.54) is 12.1 Å². The van der Waals surface area contributed by atoms with Gasteiger partial charge >= 0.3 is 12.0 Å². The van der Waals surface area contributed by atoms with E-state index in [0.717, 1.165) is 6.42 Å². The zero-order valence-electron chi connectivity index (χ0n) is 11.6. The van der Waals surface area contributed by atoms with E-state index in [0.29, 0.717) is 35.8 Å². The monoisotopic (exact) mass is 356 g/mol. The van der Waals surface area contributed by atoms with E-state index in [2.05, 4.69) is 21.2 Å². The Morgan fingerprint density at radius 3 is 2.90 bits per heavy atom. The first kappa shape index (κ1) is 15.8. The summed E-state index contributed by atoms with van der Waals surface area (Å²) in [4.78, 5) is 24.9. The second-order valence-electron chi connectivity index (χ2n) is 5.02. The van der Waals surface area contributed by atoms with Crippen molar-refractivity contribution in [3.05, 3.63) is 28.2 Å². The summed E-state index contributed by atoms with van der Waals surface area (Å²) in [6.45, 7) is 1.98. The maximum absolute atomic E-state index is 12.2. The Kier molecular flexibility index (Phi) is 5.19. The number of methoxy groups -OCH3 is 1. The van der Waals surface area contributed by atoms with E-state index in [9.17, 15) is 9.59 Å². The van der Waals surface area contributed by atoms with Crippen LogP contribution < -0.4 is 5.32 Å². The molecule has 1 heterocycles. The van der Waals surface area contributed by atoms with E-state index in [1.54, 1.807) is 18.1 Å². The van der Waals surface area contributed by atoms with Gasteiger partial charge in [0.15, 0.2) is 0 Å². The first-order valence-corrected chi connectivity index (χ1v) is 7.37. The first-order valence-electron chi connectivity index (χ1n) is 6.58. The fourth-order valence-electron chi connectivity index (χ4n) is 2.38. The Bertz CT molecular complexity index is 550. The lowest BCUT2D eigenvalue weighted by atomic mass is 10.1. The van der Waals surface area contributed by atoms with Crippen LogP contribution in [0.1, 0.15) is 16.8 Å². The summed E-state index contributed by atoms with van der Waals surface area (Å²) < 4.78 is 5.71. The summed E-state index contributed by atoms with van der Waals surface area (Å²) in [5.41, 5.74) is 0.584. The predicted octanol–water partition coefficient (Wildman–Crippen LogP) is 2.65. The number of urea groups is 1. The summed E-state index contributed by atoms with van der Waals surface area (Å²) in [6, 6.07) is 4.38. The summed E-state index contributed by atoms with van der Waals surface area (Å²) in [6.07, 6.45) is 0.917. The Labute approximate surface area is 131 Å². The van der Waals surface area contributed by atoms with Gasteiger partial charge in [0.25, 0.3) is 0 Å². The normalized spacial score (nSPS) is 17.8. The number of hydrogen-bond donors (Lipinski definition) is 2. The van der Waals surface area contributed by atoms with Crippen molar-refractivity contribution in [3.8, 4) is 0 Å². The summed E-state index contributed by atoms with van der Waals surface area (Å²) >= 11 is 3.24. The van der Waals surface area contributed by atoms with Crippen molar-refractivity contribution in [2.45, 2.75) is 6.42 Å². The number of carboxylic acid groups (broad SMARTS) is 1. The fourth-order valence-corrected chi connectivity index (χ4v) is 2.87. The van der Waals surface area contributed by atoms with E-state index in [4.69, 9.17) is 9.84 Å². The van der Waals surface area contributed by atoms with Gasteiger partial charge in [-0.2, -0.15) is 0 Å². The zero-order chi connectivity index (χ0) is 15.4. The number of ether oxygens (including phenoxy) is 1. The SMILES string of the molecule is COCC1CCN(C(=O)Nc2cc(Br)cc(C(=O)O)c2)C1. The van der Waals surface area contributed by atoms with Crippen molar-refractivity contribution in [1.29, 1.82) is 0 Å². The Morgan fingerprint density at radius 1 is 1.48 bits per heavy atom. The van der Waals surface area contributed by atoms with Crippen molar-refractivity contribution < 1.29 is 19.4 Å². The van der Waals surface area contributed by atoms with E-state index < -0.39 is 5.97 Å². The van der Waals surface area contributed by atoms with Gasteiger partial charge in [-0.05, 0) is 24.6 Å². The number of nitrogens with zero attached hydrogens (tertiary/aromatic N) is 1. The van der Waals surface area contributed by atoms with E-state index in [1.807, 2.05) is 0 Å². The van der Waals surface area contributed by atoms with Crippen molar-refractivity contribution in [2.24, 2.45) is 5.92 Å². The highest BCUT2D eigenvalue weighted by molar-refractivity contribution is 9.10. The summed E-state index contributed by atoms with van der Waals surface area (Å²) in [5.74, 6) is -0.675. The Balaban J connectivity index is 2.01. The topological polar surface area (TPSA) is 78.9 Å². The molecule has 2 N–H and O–H groups in total. The molecule has 0 aromatic heterocycles. The molecule has 114 valence electrons. The van der Waals surface area contributed by atoms with Crippen molar-refractivity contribution in [3.63, 3.8) is 0 Å². The molecule has 7 heteroatoms. The average Bonchev–Trinajstić information content (AvgIpc) is 2.87. The Hall–Kier alpha value is -1.60. The number of hydrogen-bond acceptors (Lipinski definition) is 3. The van der Waals surface area contributed by atoms with Crippen LogP contribution in [0.3, 0.4) is 0 Å². The quantitative estimate of drug-likeness (QED) is 0.868. The molecule has 2 rings (SSSR count). The molecule has 1 aromatic rings. The predicted molar refractivity (Wildman–Crippen MR) is 81.7 cm³/mol. The molecule has 2 amide bonds. The number of halogens is 1. The van der Waals surface area contributed by atoms with Crippen molar-refractivity contribution in [1.82, 2.24) is 4.90 Å². The molecule has 1 atom stereocenters. The molecule has 0 spiro atoms. The molecule has 1 aliphatic heterocycles. The van der Waals surface area contributed by atoms with Crippen LogP contribution in [0.25, 0.3) is 0 Å². The lowest BCUT2D eigenvalue weighted by Crippen LogP contribution is -2.33. The number of carboxylic acids is 1. The molecule has 1 aromatic carbocycles. The standard InChI is InChI=1S/C14H17BrN2O4/c1-21-8-9-2-3-17(7-9)14(20)16-12-5-10(13(18)19)4-11(15)6-12/h4-6,9H,2-3,7-8H2,1H3,(H,16,20)(H,18,19). The minimum absolute atomic E-state index is 0.123. The number of nitrogens with one attached hydrogen (secondary N) is 1. The molecule has 0 radical (unpaired) electrons. The maximum atomic E-state index is 12.2. The van der Waals surface area contributed by atoms with Crippen LogP contribution in [0.5, 0.6) is 0 Å². The second-order valence-corrected chi connectivity index (χ2v) is 5.94. The number of aromatic carboxylic acids is 1. The lowest BCUT2D eigenvalue weighted by Gasteiger charge is -2.17. The lowest BCUT2D eigenvalue weighted by molar-refractivity contribution is 0.0696. The minimum atomic E-state index is -1.03. The number of likely N-dealkylation sites (tertiary alicyclic amines) is 1. The van der Waals surface area contributed by atoms with Gasteiger partial charge in [0, 0.05) is 36.3 Å². The third-order valence-electron chi connectivity index (χ3n) is 3.37. The van der Waals surface area contributed by atoms with Crippen molar-refractivity contribution >= 4 is 33.6 Å². The molecule has 1 unspecified atom stereocenters. The number of amides is 2. The average molecular weight is 357 g/mol. The summed E-state index contributed by atoms with van der Waals surface area (Å²) in [7, 11) is 1.65. The molecule has 0 saturated carbocycles. The highest BCUT2D eigenvalue weighted by atomic mass is 79.9. The van der Waals surface area contributed by atoms with E-state index >= 15 is 0 Å². The van der Waals surface area contributed by atoms with E-state index in [-0.39, 0.29) is 11.6 Å². The highest BCUT2D eigenvalue weighted by Gasteiger charge is 2.26. The molecule has 0 bridgehead atoms. The molecular formula is C14H17BrN2O4. The third kappa shape index (κ3) is 4.18. The van der Waals surface area contributed by atoms with Gasteiger partial charge in [-0.15, -0.1) is 0 Å². The largest absolute Gasteiger partial charge is 0.478 e. The molecule has 1 saturated heterocycles. The van der Waals surface area contributed by atoms with Crippen LogP contribution in [0.15, 0.2) is 22.7 Å². The van der Waals surface area contributed by atoms with Gasteiger partial charge in [0.1, 0.15) is 0 Å². The minimum Gasteiger partial charge on any atom is -0.478 e. The highest BCUT2D eigenvalue weighted by Crippen LogP contribution is 2.22. The second kappa shape index (κ2) is 6.91. The maximum Gasteiger partial charge on any atom is 0.335 e. The molecule has 21 heavy (non-hydrogen) atoms. The first-order chi connectivity index (χ1) is 9.99. The van der Waals surface area contributed by atoms with Crippen LogP contribution in [0, 0.1) is 5.92 Å². The number of carbonyl (C=O) groups is 2. The van der Waals surface area contributed by atoms with Gasteiger partial charge in [-0.1, -0.05) is 15.9 Å². The van der Waals surface area contributed by atoms with Gasteiger partial charge < -0.3 is 20.1 Å². The van der Waals surface area contributed by atoms with Crippen LogP contribution >= 0.6 is 15.9 Å². The number of rotatable bonds is 4. The third-order valence-corrected chi connectivity index (χ3v) is 3.83. The molecule has 0 aliphatic carbocycles. The van der Waals surface area contributed by atoms with Gasteiger partial charge in [-0.25, -0.2) is 9.59 Å². The number of carbonyl (C=O) groups excluding carboxylic acids is 1. The van der Waals surface area contributed by atoms with Crippen LogP contribution in [0.2, 0.25) is 0 Å². The fraction of sp³-hybridized carbons (Fsp3) is 0.429.